The molecule has 2 aliphatic rings. The lowest BCUT2D eigenvalue weighted by molar-refractivity contribution is -0.124. The summed E-state index contributed by atoms with van der Waals surface area (Å²) < 4.78 is 32.3. The lowest BCUT2D eigenvalue weighted by Crippen LogP contribution is -2.41. The fraction of sp³-hybridized carbons (Fsp3) is 0.737. The highest BCUT2D eigenvalue weighted by Crippen LogP contribution is 2.24. The van der Waals surface area contributed by atoms with E-state index in [2.05, 4.69) is 10.2 Å². The Morgan fingerprint density at radius 2 is 1.96 bits per heavy atom. The maximum atomic E-state index is 12.6. The maximum Gasteiger partial charge on any atom is 0.276 e. The van der Waals surface area contributed by atoms with Crippen molar-refractivity contribution in [3.05, 3.63) is 17.9 Å². The van der Waals surface area contributed by atoms with E-state index < -0.39 is 10.0 Å². The molecule has 3 rings (SSSR count). The smallest absolute Gasteiger partial charge is 0.276 e. The predicted molar refractivity (Wildman–Crippen MR) is 103 cm³/mol. The third-order valence-electron chi connectivity index (χ3n) is 5.37. The summed E-state index contributed by atoms with van der Waals surface area (Å²) in [6.45, 7) is 8.09. The molecule has 0 aliphatic carbocycles. The first kappa shape index (κ1) is 20.4. The number of likely N-dealkylation sites (tertiary alicyclic amines) is 1. The molecule has 0 spiro atoms. The molecule has 2 saturated heterocycles. The zero-order valence-corrected chi connectivity index (χ0v) is 17.1. The van der Waals surface area contributed by atoms with Gasteiger partial charge in [-0.3, -0.25) is 9.69 Å². The number of nitrogens with one attached hydrogen (secondary N) is 1. The van der Waals surface area contributed by atoms with Crippen molar-refractivity contribution < 1.29 is 17.6 Å². The van der Waals surface area contributed by atoms with E-state index in [0.29, 0.717) is 37.9 Å². The van der Waals surface area contributed by atoms with Crippen LogP contribution in [0, 0.1) is 11.8 Å². The van der Waals surface area contributed by atoms with Gasteiger partial charge in [0, 0.05) is 32.1 Å². The lowest BCUT2D eigenvalue weighted by atomic mass is 9.97. The second kappa shape index (κ2) is 8.75. The Bertz CT molecular complexity index is 738. The fourth-order valence-electron chi connectivity index (χ4n) is 3.77. The van der Waals surface area contributed by atoms with Gasteiger partial charge in [-0.2, -0.15) is 4.31 Å². The molecule has 7 nitrogen and oxygen atoms in total. The van der Waals surface area contributed by atoms with Crippen LogP contribution in [0.4, 0.5) is 0 Å². The Balaban J connectivity index is 1.54. The highest BCUT2D eigenvalue weighted by molar-refractivity contribution is 7.89. The number of carbonyl (C=O) groups excluding carboxylic acids is 1. The molecule has 2 aliphatic heterocycles. The van der Waals surface area contributed by atoms with Gasteiger partial charge in [0.25, 0.3) is 10.0 Å². The van der Waals surface area contributed by atoms with Crippen LogP contribution in [0.25, 0.3) is 0 Å². The Kier molecular flexibility index (Phi) is 6.60. The van der Waals surface area contributed by atoms with Gasteiger partial charge in [0.15, 0.2) is 0 Å². The van der Waals surface area contributed by atoms with E-state index in [1.54, 1.807) is 12.1 Å². The van der Waals surface area contributed by atoms with Crippen molar-refractivity contribution in [1.82, 2.24) is 14.5 Å². The molecular formula is C19H31N3O4S. The number of furan rings is 1. The van der Waals surface area contributed by atoms with Crippen molar-refractivity contribution in [3.63, 3.8) is 0 Å². The maximum absolute atomic E-state index is 12.6. The average molecular weight is 398 g/mol. The summed E-state index contributed by atoms with van der Waals surface area (Å²) >= 11 is 0. The van der Waals surface area contributed by atoms with Crippen molar-refractivity contribution in [2.45, 2.75) is 51.2 Å². The minimum atomic E-state index is -3.50. The number of hydrogen-bond donors (Lipinski definition) is 1. The average Bonchev–Trinajstić information content (AvgIpc) is 3.32. The molecule has 1 amide bonds. The Morgan fingerprint density at radius 3 is 2.67 bits per heavy atom. The molecular weight excluding hydrogens is 366 g/mol. The van der Waals surface area contributed by atoms with E-state index in [4.69, 9.17) is 4.42 Å². The largest absolute Gasteiger partial charge is 0.447 e. The molecule has 2 fully saturated rings. The van der Waals surface area contributed by atoms with Crippen LogP contribution in [0.1, 0.15) is 45.3 Å². The quantitative estimate of drug-likeness (QED) is 0.761. The predicted octanol–water partition coefficient (Wildman–Crippen LogP) is 2.05. The van der Waals surface area contributed by atoms with E-state index in [9.17, 15) is 13.2 Å². The van der Waals surface area contributed by atoms with E-state index in [-0.39, 0.29) is 16.9 Å². The monoisotopic (exact) mass is 397 g/mol. The molecule has 8 heteroatoms. The zero-order valence-electron chi connectivity index (χ0n) is 16.3. The molecule has 3 heterocycles. The van der Waals surface area contributed by atoms with Crippen LogP contribution in [0.3, 0.4) is 0 Å². The molecule has 1 atom stereocenters. The standard InChI is InChI=1S/C19H31N3O4S/c1-15(2)19(23)20-12-16-6-5-9-21(13-16)14-17-7-8-18(26-17)27(24,25)22-10-3-4-11-22/h7-8,15-16H,3-6,9-14H2,1-2H3,(H,20,23). The highest BCUT2D eigenvalue weighted by atomic mass is 32.2. The number of rotatable bonds is 7. The second-order valence-electron chi connectivity index (χ2n) is 7.98. The third-order valence-corrected chi connectivity index (χ3v) is 7.14. The molecule has 0 aromatic carbocycles. The van der Waals surface area contributed by atoms with Gasteiger partial charge in [0.05, 0.1) is 6.54 Å². The molecule has 152 valence electrons. The van der Waals surface area contributed by atoms with Gasteiger partial charge in [-0.05, 0) is 50.3 Å². The van der Waals surface area contributed by atoms with Gasteiger partial charge in [-0.25, -0.2) is 8.42 Å². The topological polar surface area (TPSA) is 82.9 Å². The first-order valence-electron chi connectivity index (χ1n) is 9.95. The first-order chi connectivity index (χ1) is 12.9. The molecule has 1 unspecified atom stereocenters. The Hall–Kier alpha value is -1.38. The summed E-state index contributed by atoms with van der Waals surface area (Å²) in [4.78, 5) is 14.0. The minimum Gasteiger partial charge on any atom is -0.447 e. The number of hydrogen-bond acceptors (Lipinski definition) is 5. The van der Waals surface area contributed by atoms with Gasteiger partial charge in [0.1, 0.15) is 5.76 Å². The van der Waals surface area contributed by atoms with Crippen LogP contribution < -0.4 is 5.32 Å². The SMILES string of the molecule is CC(C)C(=O)NCC1CCCN(Cc2ccc(S(=O)(=O)N3CCCC3)o2)C1. The van der Waals surface area contributed by atoms with E-state index >= 15 is 0 Å². The second-order valence-corrected chi connectivity index (χ2v) is 9.84. The summed E-state index contributed by atoms with van der Waals surface area (Å²) in [7, 11) is -3.50. The van der Waals surface area contributed by atoms with Crippen molar-refractivity contribution >= 4 is 15.9 Å². The Labute approximate surface area is 162 Å². The molecule has 1 aromatic rings. The summed E-state index contributed by atoms with van der Waals surface area (Å²) in [6.07, 6.45) is 3.99. The minimum absolute atomic E-state index is 0.00351. The van der Waals surface area contributed by atoms with Gasteiger partial charge < -0.3 is 9.73 Å². The van der Waals surface area contributed by atoms with Gasteiger partial charge in [-0.1, -0.05) is 13.8 Å². The number of carbonyl (C=O) groups is 1. The normalized spacial score (nSPS) is 22.4. The zero-order chi connectivity index (χ0) is 19.4. The van der Waals surface area contributed by atoms with Gasteiger partial charge in [0.2, 0.25) is 11.0 Å². The first-order valence-corrected chi connectivity index (χ1v) is 11.4. The van der Waals surface area contributed by atoms with Crippen LogP contribution in [-0.4, -0.2) is 56.3 Å². The molecule has 0 radical (unpaired) electrons. The summed E-state index contributed by atoms with van der Waals surface area (Å²) in [5, 5.41) is 3.07. The van der Waals surface area contributed by atoms with Crippen LogP contribution in [0.15, 0.2) is 21.6 Å². The van der Waals surface area contributed by atoms with E-state index in [1.807, 2.05) is 13.8 Å². The van der Waals surface area contributed by atoms with Gasteiger partial charge >= 0.3 is 0 Å². The lowest BCUT2D eigenvalue weighted by Gasteiger charge is -2.32. The van der Waals surface area contributed by atoms with Crippen molar-refractivity contribution in [1.29, 1.82) is 0 Å². The van der Waals surface area contributed by atoms with E-state index in [0.717, 1.165) is 38.8 Å². The van der Waals surface area contributed by atoms with Crippen LogP contribution in [0.5, 0.6) is 0 Å². The van der Waals surface area contributed by atoms with Crippen LogP contribution in [-0.2, 0) is 21.4 Å². The number of nitrogens with zero attached hydrogens (tertiary/aromatic N) is 2. The molecule has 27 heavy (non-hydrogen) atoms. The summed E-state index contributed by atoms with van der Waals surface area (Å²) in [5.41, 5.74) is 0. The van der Waals surface area contributed by atoms with Crippen LogP contribution in [0.2, 0.25) is 0 Å². The molecule has 0 bridgehead atoms. The molecule has 1 aromatic heterocycles. The highest BCUT2D eigenvalue weighted by Gasteiger charge is 2.30. The third kappa shape index (κ3) is 5.12. The molecule has 0 saturated carbocycles. The number of piperidine rings is 1. The van der Waals surface area contributed by atoms with Crippen molar-refractivity contribution in [3.8, 4) is 0 Å². The summed E-state index contributed by atoms with van der Waals surface area (Å²) in [6, 6.07) is 3.35. The van der Waals surface area contributed by atoms with Crippen molar-refractivity contribution in [2.75, 3.05) is 32.7 Å². The summed E-state index contributed by atoms with van der Waals surface area (Å²) in [5.74, 6) is 1.20. The van der Waals surface area contributed by atoms with Crippen molar-refractivity contribution in [2.24, 2.45) is 11.8 Å². The number of sulfonamides is 1. The van der Waals surface area contributed by atoms with Gasteiger partial charge in [-0.15, -0.1) is 0 Å². The molecule has 1 N–H and O–H groups in total. The Morgan fingerprint density at radius 1 is 1.22 bits per heavy atom. The van der Waals surface area contributed by atoms with Crippen LogP contribution >= 0.6 is 0 Å². The number of amides is 1. The van der Waals surface area contributed by atoms with E-state index in [1.165, 1.54) is 4.31 Å². The fourth-order valence-corrected chi connectivity index (χ4v) is 5.21.